The summed E-state index contributed by atoms with van der Waals surface area (Å²) >= 11 is 3.48. The zero-order valence-corrected chi connectivity index (χ0v) is 14.0. The van der Waals surface area contributed by atoms with E-state index in [2.05, 4.69) is 31.2 Å². The smallest absolute Gasteiger partial charge is 0.223 e. The molecule has 1 N–H and O–H groups in total. The lowest BCUT2D eigenvalue weighted by molar-refractivity contribution is 0.414. The van der Waals surface area contributed by atoms with E-state index < -0.39 is 0 Å². The average Bonchev–Trinajstić information content (AvgIpc) is 2.54. The van der Waals surface area contributed by atoms with Gasteiger partial charge < -0.3 is 10.1 Å². The number of hydrogen-bond donors (Lipinski definition) is 1. The second-order valence-corrected chi connectivity index (χ2v) is 5.91. The van der Waals surface area contributed by atoms with Gasteiger partial charge >= 0.3 is 0 Å². The number of hydrogen-bond acceptors (Lipinski definition) is 4. The normalized spacial score (nSPS) is 10.7. The van der Waals surface area contributed by atoms with Gasteiger partial charge in [0.2, 0.25) is 5.95 Å². The minimum Gasteiger partial charge on any atom is -0.497 e. The molecule has 3 rings (SSSR count). The summed E-state index contributed by atoms with van der Waals surface area (Å²) in [6.45, 7) is 2.67. The molecule has 4 nitrogen and oxygen atoms in total. The topological polar surface area (TPSA) is 47.0 Å². The monoisotopic (exact) mass is 357 g/mol. The Bertz CT molecular complexity index is 803. The fourth-order valence-electron chi connectivity index (χ4n) is 2.26. The average molecular weight is 358 g/mol. The number of nitrogens with one attached hydrogen (secondary N) is 1. The van der Waals surface area contributed by atoms with Gasteiger partial charge in [0.1, 0.15) is 5.75 Å². The number of rotatable bonds is 4. The Hall–Kier alpha value is -2.14. The Labute approximate surface area is 137 Å². The van der Waals surface area contributed by atoms with Crippen LogP contribution in [-0.4, -0.2) is 17.1 Å². The van der Waals surface area contributed by atoms with E-state index in [0.29, 0.717) is 12.5 Å². The van der Waals surface area contributed by atoms with Gasteiger partial charge in [0.15, 0.2) is 0 Å². The van der Waals surface area contributed by atoms with Crippen molar-refractivity contribution in [1.29, 1.82) is 0 Å². The molecule has 0 unspecified atom stereocenters. The number of anilines is 1. The van der Waals surface area contributed by atoms with Crippen molar-refractivity contribution >= 4 is 32.8 Å². The number of nitrogens with zero attached hydrogens (tertiary/aromatic N) is 2. The van der Waals surface area contributed by atoms with Gasteiger partial charge in [-0.2, -0.15) is 0 Å². The molecule has 1 heterocycles. The van der Waals surface area contributed by atoms with Crippen molar-refractivity contribution in [1.82, 2.24) is 9.97 Å². The van der Waals surface area contributed by atoms with Crippen molar-refractivity contribution in [3.05, 3.63) is 58.2 Å². The molecule has 0 fully saturated rings. The highest BCUT2D eigenvalue weighted by molar-refractivity contribution is 9.10. The fourth-order valence-corrected chi connectivity index (χ4v) is 2.62. The highest BCUT2D eigenvalue weighted by atomic mass is 79.9. The first-order valence-corrected chi connectivity index (χ1v) is 7.76. The Balaban J connectivity index is 1.80. The SMILES string of the molecule is COc1ccc(CNc2nc(C)c3cc(Br)ccc3n2)cc1. The largest absolute Gasteiger partial charge is 0.497 e. The highest BCUT2D eigenvalue weighted by Gasteiger charge is 2.05. The van der Waals surface area contributed by atoms with Crippen molar-refractivity contribution in [3.8, 4) is 5.75 Å². The highest BCUT2D eigenvalue weighted by Crippen LogP contribution is 2.22. The molecule has 0 saturated heterocycles. The third-order valence-corrected chi connectivity index (χ3v) is 3.95. The number of methoxy groups -OCH3 is 1. The first kappa shape index (κ1) is 14.8. The Kier molecular flexibility index (Phi) is 4.24. The molecule has 0 aliphatic carbocycles. The van der Waals surface area contributed by atoms with Crippen LogP contribution in [0, 0.1) is 6.92 Å². The van der Waals surface area contributed by atoms with Gasteiger partial charge in [0.25, 0.3) is 0 Å². The molecule has 0 amide bonds. The van der Waals surface area contributed by atoms with Crippen LogP contribution in [0.1, 0.15) is 11.3 Å². The lowest BCUT2D eigenvalue weighted by Gasteiger charge is -2.09. The molecule has 1 aromatic heterocycles. The lowest BCUT2D eigenvalue weighted by Crippen LogP contribution is -2.05. The maximum Gasteiger partial charge on any atom is 0.223 e. The standard InChI is InChI=1S/C17H16BrN3O/c1-11-15-9-13(18)5-8-16(15)21-17(20-11)19-10-12-3-6-14(22-2)7-4-12/h3-9H,10H2,1-2H3,(H,19,20,21). The summed E-state index contributed by atoms with van der Waals surface area (Å²) in [7, 11) is 1.66. The van der Waals surface area contributed by atoms with Crippen LogP contribution >= 0.6 is 15.9 Å². The van der Waals surface area contributed by atoms with Crippen LogP contribution in [0.5, 0.6) is 5.75 Å². The molecule has 5 heteroatoms. The van der Waals surface area contributed by atoms with Crippen LogP contribution in [-0.2, 0) is 6.54 Å². The summed E-state index contributed by atoms with van der Waals surface area (Å²) in [6, 6.07) is 14.0. The van der Waals surface area contributed by atoms with Crippen LogP contribution in [0.4, 0.5) is 5.95 Å². The predicted octanol–water partition coefficient (Wildman–Crippen LogP) is 4.32. The van der Waals surface area contributed by atoms with E-state index in [1.807, 2.05) is 49.4 Å². The minimum absolute atomic E-state index is 0.642. The van der Waals surface area contributed by atoms with Crippen molar-refractivity contribution < 1.29 is 4.74 Å². The van der Waals surface area contributed by atoms with Gasteiger partial charge in [-0.25, -0.2) is 9.97 Å². The molecule has 0 radical (unpaired) electrons. The molecule has 0 saturated carbocycles. The Morgan fingerprint density at radius 2 is 1.86 bits per heavy atom. The van der Waals surface area contributed by atoms with Gasteiger partial charge in [-0.05, 0) is 42.8 Å². The zero-order chi connectivity index (χ0) is 15.5. The molecule has 22 heavy (non-hydrogen) atoms. The Morgan fingerprint density at radius 3 is 2.59 bits per heavy atom. The van der Waals surface area contributed by atoms with E-state index in [4.69, 9.17) is 4.74 Å². The molecule has 0 spiro atoms. The fraction of sp³-hybridized carbons (Fsp3) is 0.176. The van der Waals surface area contributed by atoms with Crippen LogP contribution < -0.4 is 10.1 Å². The van der Waals surface area contributed by atoms with Crippen LogP contribution in [0.25, 0.3) is 10.9 Å². The maximum atomic E-state index is 5.16. The number of aryl methyl sites for hydroxylation is 1. The van der Waals surface area contributed by atoms with E-state index in [1.165, 1.54) is 0 Å². The summed E-state index contributed by atoms with van der Waals surface area (Å²) in [5.74, 6) is 1.50. The summed E-state index contributed by atoms with van der Waals surface area (Å²) < 4.78 is 6.19. The zero-order valence-electron chi connectivity index (χ0n) is 12.4. The summed E-state index contributed by atoms with van der Waals surface area (Å²) in [5, 5.41) is 4.33. The molecular weight excluding hydrogens is 342 g/mol. The number of ether oxygens (including phenoxy) is 1. The Morgan fingerprint density at radius 1 is 1.09 bits per heavy atom. The molecule has 0 atom stereocenters. The van der Waals surface area contributed by atoms with Crippen molar-refractivity contribution in [2.24, 2.45) is 0 Å². The van der Waals surface area contributed by atoms with Gasteiger partial charge in [0, 0.05) is 16.4 Å². The molecule has 0 aliphatic rings. The number of halogens is 1. The van der Waals surface area contributed by atoms with Gasteiger partial charge in [-0.15, -0.1) is 0 Å². The van der Waals surface area contributed by atoms with Crippen molar-refractivity contribution in [2.45, 2.75) is 13.5 Å². The third-order valence-electron chi connectivity index (χ3n) is 3.46. The van der Waals surface area contributed by atoms with E-state index in [-0.39, 0.29) is 0 Å². The number of aromatic nitrogens is 2. The second-order valence-electron chi connectivity index (χ2n) is 5.00. The molecule has 3 aromatic rings. The summed E-state index contributed by atoms with van der Waals surface area (Å²) in [5.41, 5.74) is 3.05. The minimum atomic E-state index is 0.642. The molecule has 0 bridgehead atoms. The lowest BCUT2D eigenvalue weighted by atomic mass is 10.2. The van der Waals surface area contributed by atoms with Gasteiger partial charge in [0.05, 0.1) is 18.3 Å². The van der Waals surface area contributed by atoms with Crippen LogP contribution in [0.15, 0.2) is 46.9 Å². The van der Waals surface area contributed by atoms with E-state index in [1.54, 1.807) is 7.11 Å². The van der Waals surface area contributed by atoms with Gasteiger partial charge in [-0.1, -0.05) is 28.1 Å². The van der Waals surface area contributed by atoms with Gasteiger partial charge in [-0.3, -0.25) is 0 Å². The van der Waals surface area contributed by atoms with E-state index in [9.17, 15) is 0 Å². The third kappa shape index (κ3) is 3.20. The number of fused-ring (bicyclic) bond motifs is 1. The second kappa shape index (κ2) is 6.32. The van der Waals surface area contributed by atoms with E-state index in [0.717, 1.165) is 32.4 Å². The molecular formula is C17H16BrN3O. The predicted molar refractivity (Wildman–Crippen MR) is 92.3 cm³/mol. The van der Waals surface area contributed by atoms with Crippen LogP contribution in [0.3, 0.4) is 0 Å². The first-order chi connectivity index (χ1) is 10.7. The molecule has 112 valence electrons. The van der Waals surface area contributed by atoms with Crippen molar-refractivity contribution in [2.75, 3.05) is 12.4 Å². The number of benzene rings is 2. The summed E-state index contributed by atoms with van der Waals surface area (Å²) in [4.78, 5) is 9.08. The van der Waals surface area contributed by atoms with E-state index >= 15 is 0 Å². The maximum absolute atomic E-state index is 5.16. The first-order valence-electron chi connectivity index (χ1n) is 6.96. The molecule has 2 aromatic carbocycles. The van der Waals surface area contributed by atoms with Crippen molar-refractivity contribution in [3.63, 3.8) is 0 Å². The summed E-state index contributed by atoms with van der Waals surface area (Å²) in [6.07, 6.45) is 0. The van der Waals surface area contributed by atoms with Crippen LogP contribution in [0.2, 0.25) is 0 Å². The quantitative estimate of drug-likeness (QED) is 0.755. The molecule has 0 aliphatic heterocycles.